The molecule has 1 aromatic carbocycles. The SMILES string of the molecule is COc1ccccc1N1CCN(C[C@@H](CC2CCCCC2)NC(=O)C2(C)CCCCC2)CC1.Cl.O. The number of nitrogens with zero attached hydrogens (tertiary/aromatic N) is 2. The summed E-state index contributed by atoms with van der Waals surface area (Å²) in [7, 11) is 1.75. The molecule has 3 aliphatic rings. The lowest BCUT2D eigenvalue weighted by molar-refractivity contribution is -0.133. The number of piperazine rings is 1. The van der Waals surface area contributed by atoms with E-state index in [0.717, 1.165) is 63.7 Å². The van der Waals surface area contributed by atoms with Crippen molar-refractivity contribution in [3.05, 3.63) is 24.3 Å². The van der Waals surface area contributed by atoms with Gasteiger partial charge >= 0.3 is 0 Å². The Morgan fingerprint density at radius 1 is 1.03 bits per heavy atom. The van der Waals surface area contributed by atoms with Crippen LogP contribution in [-0.4, -0.2) is 62.2 Å². The van der Waals surface area contributed by atoms with Crippen molar-refractivity contribution in [2.75, 3.05) is 44.7 Å². The fraction of sp³-hybridized carbons (Fsp3) is 0.750. The molecule has 1 atom stereocenters. The highest BCUT2D eigenvalue weighted by Crippen LogP contribution is 2.36. The van der Waals surface area contributed by atoms with Crippen molar-refractivity contribution in [2.24, 2.45) is 11.3 Å². The smallest absolute Gasteiger partial charge is 0.226 e. The number of anilines is 1. The number of amides is 1. The lowest BCUT2D eigenvalue weighted by atomic mass is 9.74. The number of rotatable bonds is 8. The Bertz CT molecular complexity index is 758. The van der Waals surface area contributed by atoms with E-state index in [4.69, 9.17) is 4.74 Å². The van der Waals surface area contributed by atoms with E-state index in [9.17, 15) is 4.79 Å². The largest absolute Gasteiger partial charge is 0.495 e. The molecule has 6 nitrogen and oxygen atoms in total. The lowest BCUT2D eigenvalue weighted by Crippen LogP contribution is -2.54. The molecule has 0 aromatic heterocycles. The van der Waals surface area contributed by atoms with Crippen LogP contribution in [0, 0.1) is 11.3 Å². The summed E-state index contributed by atoms with van der Waals surface area (Å²) in [6, 6.07) is 8.60. The molecule has 0 bridgehead atoms. The standard InChI is InChI=1S/C28H45N3O2.ClH.H2O/c1-28(15-9-4-10-16-28)27(32)29-24(21-23-11-5-3-6-12-23)22-30-17-19-31(20-18-30)25-13-7-8-14-26(25)33-2;;/h7-8,13-14,23-24H,3-6,9-12,15-22H2,1-2H3,(H,29,32);1H;1H2/t24-;;/m1../s1. The fourth-order valence-electron chi connectivity index (χ4n) is 6.30. The summed E-state index contributed by atoms with van der Waals surface area (Å²) < 4.78 is 5.58. The second-order valence-electron chi connectivity index (χ2n) is 11.0. The summed E-state index contributed by atoms with van der Waals surface area (Å²) in [5.74, 6) is 2.04. The molecular weight excluding hydrogens is 462 g/mol. The van der Waals surface area contributed by atoms with E-state index in [1.807, 2.05) is 12.1 Å². The van der Waals surface area contributed by atoms with Crippen LogP contribution in [0.1, 0.15) is 77.6 Å². The predicted octanol–water partition coefficient (Wildman–Crippen LogP) is 4.84. The van der Waals surface area contributed by atoms with Crippen LogP contribution in [0.15, 0.2) is 24.3 Å². The van der Waals surface area contributed by atoms with Gasteiger partial charge in [-0.15, -0.1) is 12.4 Å². The molecule has 1 amide bonds. The van der Waals surface area contributed by atoms with Gasteiger partial charge in [-0.05, 0) is 37.3 Å². The van der Waals surface area contributed by atoms with Gasteiger partial charge in [0.05, 0.1) is 12.8 Å². The van der Waals surface area contributed by atoms with Crippen LogP contribution in [0.5, 0.6) is 5.75 Å². The van der Waals surface area contributed by atoms with Crippen molar-refractivity contribution in [1.82, 2.24) is 10.2 Å². The monoisotopic (exact) mass is 509 g/mol. The van der Waals surface area contributed by atoms with Gasteiger partial charge in [0.15, 0.2) is 0 Å². The van der Waals surface area contributed by atoms with Crippen molar-refractivity contribution >= 4 is 24.0 Å². The molecule has 1 aliphatic heterocycles. The summed E-state index contributed by atoms with van der Waals surface area (Å²) in [6.07, 6.45) is 13.7. The molecule has 3 fully saturated rings. The first kappa shape index (κ1) is 29.7. The molecule has 2 saturated carbocycles. The zero-order valence-corrected chi connectivity index (χ0v) is 22.7. The van der Waals surface area contributed by atoms with Gasteiger partial charge in [0.1, 0.15) is 5.75 Å². The van der Waals surface area contributed by atoms with E-state index < -0.39 is 0 Å². The number of halogens is 1. The number of methoxy groups -OCH3 is 1. The highest BCUT2D eigenvalue weighted by Gasteiger charge is 2.36. The van der Waals surface area contributed by atoms with Gasteiger partial charge in [-0.3, -0.25) is 9.69 Å². The summed E-state index contributed by atoms with van der Waals surface area (Å²) in [5, 5.41) is 3.57. The number of carbonyl (C=O) groups is 1. The fourth-order valence-corrected chi connectivity index (χ4v) is 6.30. The molecule has 4 rings (SSSR count). The van der Waals surface area contributed by atoms with Gasteiger partial charge in [0.2, 0.25) is 5.91 Å². The second-order valence-corrected chi connectivity index (χ2v) is 11.0. The van der Waals surface area contributed by atoms with E-state index in [0.29, 0.717) is 5.91 Å². The first-order chi connectivity index (χ1) is 16.1. The Kier molecular flexibility index (Phi) is 12.1. The first-order valence-corrected chi connectivity index (χ1v) is 13.5. The zero-order valence-electron chi connectivity index (χ0n) is 21.9. The minimum absolute atomic E-state index is 0. The Morgan fingerprint density at radius 3 is 2.31 bits per heavy atom. The van der Waals surface area contributed by atoms with E-state index in [1.165, 1.54) is 57.1 Å². The van der Waals surface area contributed by atoms with Crippen molar-refractivity contribution in [1.29, 1.82) is 0 Å². The van der Waals surface area contributed by atoms with Gasteiger partial charge < -0.3 is 20.4 Å². The Labute approximate surface area is 218 Å². The molecule has 2 aliphatic carbocycles. The van der Waals surface area contributed by atoms with Crippen LogP contribution >= 0.6 is 12.4 Å². The van der Waals surface area contributed by atoms with Crippen LogP contribution in [0.2, 0.25) is 0 Å². The predicted molar refractivity (Wildman–Crippen MR) is 147 cm³/mol. The molecule has 1 aromatic rings. The molecule has 0 unspecified atom stereocenters. The maximum absolute atomic E-state index is 13.4. The molecule has 0 spiro atoms. The van der Waals surface area contributed by atoms with Crippen molar-refractivity contribution in [2.45, 2.75) is 83.6 Å². The lowest BCUT2D eigenvalue weighted by Gasteiger charge is -2.40. The molecule has 1 heterocycles. The number of nitrogens with one attached hydrogen (secondary N) is 1. The summed E-state index contributed by atoms with van der Waals surface area (Å²) >= 11 is 0. The number of hydrogen-bond donors (Lipinski definition) is 1. The Hall–Kier alpha value is -1.50. The quantitative estimate of drug-likeness (QED) is 0.544. The van der Waals surface area contributed by atoms with Gasteiger partial charge in [0, 0.05) is 44.2 Å². The Balaban J connectivity index is 0.00000216. The van der Waals surface area contributed by atoms with Crippen molar-refractivity contribution in [3.8, 4) is 5.75 Å². The highest BCUT2D eigenvalue weighted by molar-refractivity contribution is 5.85. The van der Waals surface area contributed by atoms with Gasteiger partial charge in [-0.1, -0.05) is 70.4 Å². The van der Waals surface area contributed by atoms with Crippen molar-refractivity contribution < 1.29 is 15.0 Å². The van der Waals surface area contributed by atoms with E-state index in [1.54, 1.807) is 7.11 Å². The summed E-state index contributed by atoms with van der Waals surface area (Å²) in [6.45, 7) is 7.26. The number of hydrogen-bond acceptors (Lipinski definition) is 4. The minimum Gasteiger partial charge on any atom is -0.495 e. The Morgan fingerprint density at radius 2 is 1.66 bits per heavy atom. The number of carbonyl (C=O) groups excluding carboxylic acids is 1. The van der Waals surface area contributed by atoms with Crippen LogP contribution in [0.3, 0.4) is 0 Å². The van der Waals surface area contributed by atoms with Crippen LogP contribution in [0.4, 0.5) is 5.69 Å². The topological polar surface area (TPSA) is 76.3 Å². The number of para-hydroxylation sites is 2. The van der Waals surface area contributed by atoms with Crippen LogP contribution < -0.4 is 15.0 Å². The molecule has 200 valence electrons. The van der Waals surface area contributed by atoms with E-state index in [-0.39, 0.29) is 29.3 Å². The van der Waals surface area contributed by atoms with Crippen LogP contribution in [-0.2, 0) is 4.79 Å². The third kappa shape index (κ3) is 7.99. The molecular formula is C28H48ClN3O3. The molecule has 0 radical (unpaired) electrons. The summed E-state index contributed by atoms with van der Waals surface area (Å²) in [5.41, 5.74) is 1.03. The zero-order chi connectivity index (χ0) is 23.1. The molecule has 35 heavy (non-hydrogen) atoms. The molecule has 1 saturated heterocycles. The maximum atomic E-state index is 13.4. The van der Waals surface area contributed by atoms with Crippen LogP contribution in [0.25, 0.3) is 0 Å². The van der Waals surface area contributed by atoms with E-state index in [2.05, 4.69) is 34.2 Å². The van der Waals surface area contributed by atoms with Gasteiger partial charge in [0.25, 0.3) is 0 Å². The average Bonchev–Trinajstić information content (AvgIpc) is 2.85. The highest BCUT2D eigenvalue weighted by atomic mass is 35.5. The minimum atomic E-state index is -0.161. The maximum Gasteiger partial charge on any atom is 0.226 e. The van der Waals surface area contributed by atoms with Crippen molar-refractivity contribution in [3.63, 3.8) is 0 Å². The average molecular weight is 510 g/mol. The third-order valence-electron chi connectivity index (χ3n) is 8.46. The second kappa shape index (κ2) is 14.3. The van der Waals surface area contributed by atoms with E-state index >= 15 is 0 Å². The third-order valence-corrected chi connectivity index (χ3v) is 8.46. The number of benzene rings is 1. The van der Waals surface area contributed by atoms with Gasteiger partial charge in [-0.2, -0.15) is 0 Å². The molecule has 3 N–H and O–H groups in total. The molecule has 7 heteroatoms. The normalized spacial score (nSPS) is 21.8. The summed E-state index contributed by atoms with van der Waals surface area (Å²) in [4.78, 5) is 18.4. The van der Waals surface area contributed by atoms with Gasteiger partial charge in [-0.25, -0.2) is 0 Å². The first-order valence-electron chi connectivity index (χ1n) is 13.5. The number of ether oxygens (including phenoxy) is 1.